The number of methoxy groups -OCH3 is 1. The van der Waals surface area contributed by atoms with Gasteiger partial charge in [0.05, 0.1) is 38.2 Å². The first-order valence-corrected chi connectivity index (χ1v) is 17.1. The van der Waals surface area contributed by atoms with Crippen molar-refractivity contribution in [3.8, 4) is 11.7 Å². The van der Waals surface area contributed by atoms with E-state index in [1.807, 2.05) is 9.80 Å². The number of β-amino-alcohol motifs (C(OH)–C–C–N with tert-alkyl or cyclic N) is 1. The molecule has 0 atom stereocenters. The van der Waals surface area contributed by atoms with Crippen LogP contribution in [0.25, 0.3) is 17.0 Å². The van der Waals surface area contributed by atoms with Gasteiger partial charge < -0.3 is 24.4 Å². The Hall–Kier alpha value is -3.29. The average Bonchev–Trinajstić information content (AvgIpc) is 3.49. The van der Waals surface area contributed by atoms with E-state index < -0.39 is 22.3 Å². The number of alkyl halides is 2. The van der Waals surface area contributed by atoms with Crippen molar-refractivity contribution in [3.63, 3.8) is 0 Å². The van der Waals surface area contributed by atoms with Gasteiger partial charge in [-0.15, -0.1) is 0 Å². The third-order valence-corrected chi connectivity index (χ3v) is 10.5. The molecule has 3 aliphatic heterocycles. The van der Waals surface area contributed by atoms with Crippen LogP contribution in [0.3, 0.4) is 0 Å². The molecule has 252 valence electrons. The molecule has 18 heteroatoms. The number of benzene rings is 1. The molecule has 1 N–H and O–H groups in total. The number of halogens is 2. The van der Waals surface area contributed by atoms with Crippen molar-refractivity contribution in [1.82, 2.24) is 38.6 Å². The molecule has 0 aliphatic carbocycles. The molecule has 6 rings (SSSR count). The fourth-order valence-corrected chi connectivity index (χ4v) is 7.49. The highest BCUT2D eigenvalue weighted by Crippen LogP contribution is 2.32. The topological polar surface area (TPSA) is 146 Å². The molecule has 3 aliphatic rings. The number of piperazine rings is 2. The minimum atomic E-state index is -3.50. The molecule has 1 aromatic carbocycles. The van der Waals surface area contributed by atoms with Gasteiger partial charge in [-0.3, -0.25) is 14.4 Å². The average molecular weight is 667 g/mol. The number of hydrogen-bond acceptors (Lipinski definition) is 13. The van der Waals surface area contributed by atoms with Gasteiger partial charge in [0.1, 0.15) is 11.3 Å². The summed E-state index contributed by atoms with van der Waals surface area (Å²) in [5.74, 6) is 0.443. The number of nitrogens with zero attached hydrogens (tertiary/aromatic N) is 10. The van der Waals surface area contributed by atoms with E-state index in [1.54, 1.807) is 18.2 Å². The van der Waals surface area contributed by atoms with Crippen LogP contribution in [0.5, 0.6) is 5.75 Å². The number of anilines is 2. The van der Waals surface area contributed by atoms with Crippen LogP contribution in [0, 0.1) is 0 Å². The van der Waals surface area contributed by atoms with E-state index in [-0.39, 0.29) is 42.9 Å². The van der Waals surface area contributed by atoms with Crippen molar-refractivity contribution in [2.45, 2.75) is 6.43 Å². The lowest BCUT2D eigenvalue weighted by atomic mass is 10.3. The highest BCUT2D eigenvalue weighted by Gasteiger charge is 2.31. The molecular weight excluding hydrogens is 626 g/mol. The predicted octanol–water partition coefficient (Wildman–Crippen LogP) is 0.0550. The Balaban J connectivity index is 1.22. The monoisotopic (exact) mass is 666 g/mol. The molecule has 5 heterocycles. The van der Waals surface area contributed by atoms with Crippen molar-refractivity contribution in [1.29, 1.82) is 0 Å². The summed E-state index contributed by atoms with van der Waals surface area (Å²) in [5, 5.41) is 9.15. The first-order chi connectivity index (χ1) is 22.3. The van der Waals surface area contributed by atoms with Crippen molar-refractivity contribution in [2.75, 3.05) is 121 Å². The number of aliphatic hydroxyl groups is 1. The van der Waals surface area contributed by atoms with E-state index in [1.165, 1.54) is 16.0 Å². The molecular formula is C28H40F2N10O5S. The van der Waals surface area contributed by atoms with Crippen LogP contribution < -0.4 is 14.5 Å². The van der Waals surface area contributed by atoms with Gasteiger partial charge in [-0.05, 0) is 12.1 Å². The van der Waals surface area contributed by atoms with Gasteiger partial charge in [0, 0.05) is 78.5 Å². The van der Waals surface area contributed by atoms with Crippen LogP contribution in [0.2, 0.25) is 0 Å². The second-order valence-corrected chi connectivity index (χ2v) is 13.5. The van der Waals surface area contributed by atoms with Crippen LogP contribution in [-0.2, 0) is 14.8 Å². The van der Waals surface area contributed by atoms with Crippen LogP contribution in [0.4, 0.5) is 20.7 Å². The molecule has 0 spiro atoms. The predicted molar refractivity (Wildman–Crippen MR) is 167 cm³/mol. The molecule has 0 amide bonds. The summed E-state index contributed by atoms with van der Waals surface area (Å²) >= 11 is 0. The maximum Gasteiger partial charge on any atom is 0.296 e. The van der Waals surface area contributed by atoms with E-state index in [4.69, 9.17) is 19.6 Å². The molecule has 15 nitrogen and oxygen atoms in total. The summed E-state index contributed by atoms with van der Waals surface area (Å²) in [6.45, 7) is 7.47. The van der Waals surface area contributed by atoms with Gasteiger partial charge in [0.2, 0.25) is 27.9 Å². The number of sulfonamides is 1. The second kappa shape index (κ2) is 14.2. The summed E-state index contributed by atoms with van der Waals surface area (Å²) in [7, 11) is -2.05. The lowest BCUT2D eigenvalue weighted by molar-refractivity contribution is 0.116. The van der Waals surface area contributed by atoms with Crippen molar-refractivity contribution >= 4 is 33.0 Å². The minimum Gasteiger partial charge on any atom is -0.494 e. The maximum atomic E-state index is 14.4. The number of imidazole rings is 1. The summed E-state index contributed by atoms with van der Waals surface area (Å²) in [6, 6.07) is 5.00. The lowest BCUT2D eigenvalue weighted by Gasteiger charge is -2.36. The standard InChI is InChI=1S/C28H40F2N10O5S/c1-44-22-4-2-3-21-23(22)31-25(24(29)30)40(21)28-33-26(32-27(34-28)38-14-18-45-19-15-38)37-9-11-39(12-10-37)46(42,43)20-16-36-7-5-35(6-8-36)13-17-41/h2-4,24,41H,5-20H2,1H3. The Bertz CT molecular complexity index is 1590. The van der Waals surface area contributed by atoms with Gasteiger partial charge in [-0.1, -0.05) is 6.07 Å². The first kappa shape index (κ1) is 32.6. The minimum absolute atomic E-state index is 0.00770. The van der Waals surface area contributed by atoms with E-state index in [9.17, 15) is 17.2 Å². The number of fused-ring (bicyclic) bond motifs is 1. The summed E-state index contributed by atoms with van der Waals surface area (Å²) < 4.78 is 68.9. The zero-order valence-electron chi connectivity index (χ0n) is 25.8. The number of rotatable bonds is 11. The number of aromatic nitrogens is 5. The van der Waals surface area contributed by atoms with E-state index in [0.717, 1.165) is 26.2 Å². The number of ether oxygens (including phenoxy) is 2. The number of hydrogen-bond donors (Lipinski definition) is 1. The summed E-state index contributed by atoms with van der Waals surface area (Å²) in [4.78, 5) is 26.3. The smallest absolute Gasteiger partial charge is 0.296 e. The zero-order valence-corrected chi connectivity index (χ0v) is 26.7. The molecule has 0 saturated carbocycles. The van der Waals surface area contributed by atoms with Gasteiger partial charge in [-0.25, -0.2) is 22.2 Å². The van der Waals surface area contributed by atoms with Crippen LogP contribution in [0.1, 0.15) is 12.2 Å². The largest absolute Gasteiger partial charge is 0.494 e. The quantitative estimate of drug-likeness (QED) is 0.295. The second-order valence-electron chi connectivity index (χ2n) is 11.4. The summed E-state index contributed by atoms with van der Waals surface area (Å²) in [6.07, 6.45) is -2.91. The molecule has 0 radical (unpaired) electrons. The Morgan fingerprint density at radius 1 is 0.848 bits per heavy atom. The van der Waals surface area contributed by atoms with Gasteiger partial charge in [-0.2, -0.15) is 19.3 Å². The van der Waals surface area contributed by atoms with Crippen molar-refractivity contribution in [2.24, 2.45) is 0 Å². The number of para-hydroxylation sites is 1. The van der Waals surface area contributed by atoms with Crippen LogP contribution in [-0.4, -0.2) is 163 Å². The van der Waals surface area contributed by atoms with E-state index in [2.05, 4.69) is 24.8 Å². The Kier molecular flexibility index (Phi) is 10.1. The molecule has 46 heavy (non-hydrogen) atoms. The maximum absolute atomic E-state index is 14.4. The highest BCUT2D eigenvalue weighted by atomic mass is 32.2. The normalized spacial score (nSPS) is 19.4. The first-order valence-electron chi connectivity index (χ1n) is 15.5. The molecule has 0 bridgehead atoms. The Labute approximate surface area is 266 Å². The van der Waals surface area contributed by atoms with Gasteiger partial charge >= 0.3 is 0 Å². The van der Waals surface area contributed by atoms with Crippen LogP contribution in [0.15, 0.2) is 18.2 Å². The van der Waals surface area contributed by atoms with Crippen molar-refractivity contribution < 1.29 is 31.8 Å². The number of morpholine rings is 1. The molecule has 2 aromatic heterocycles. The fourth-order valence-electron chi connectivity index (χ4n) is 6.02. The van der Waals surface area contributed by atoms with Gasteiger partial charge in [0.15, 0.2) is 5.82 Å². The highest BCUT2D eigenvalue weighted by molar-refractivity contribution is 7.89. The molecule has 0 unspecified atom stereocenters. The van der Waals surface area contributed by atoms with Crippen LogP contribution >= 0.6 is 0 Å². The zero-order chi connectivity index (χ0) is 32.3. The van der Waals surface area contributed by atoms with Gasteiger partial charge in [0.25, 0.3) is 6.43 Å². The molecule has 3 fully saturated rings. The van der Waals surface area contributed by atoms with E-state index >= 15 is 0 Å². The third kappa shape index (κ3) is 7.01. The SMILES string of the molecule is COc1cccc2c1nc(C(F)F)n2-c1nc(N2CCOCC2)nc(N2CCN(S(=O)(=O)CCN3CCN(CCO)CC3)CC2)n1. The summed E-state index contributed by atoms with van der Waals surface area (Å²) in [5.41, 5.74) is 0.631. The van der Waals surface area contributed by atoms with E-state index in [0.29, 0.717) is 69.7 Å². The Morgan fingerprint density at radius 2 is 1.46 bits per heavy atom. The lowest BCUT2D eigenvalue weighted by Crippen LogP contribution is -2.52. The Morgan fingerprint density at radius 3 is 2.07 bits per heavy atom. The third-order valence-electron chi connectivity index (χ3n) is 8.64. The van der Waals surface area contributed by atoms with Crippen molar-refractivity contribution in [3.05, 3.63) is 24.0 Å². The molecule has 3 saturated heterocycles. The number of aliphatic hydroxyl groups excluding tert-OH is 1. The fraction of sp³-hybridized carbons (Fsp3) is 0.643. The molecule has 3 aromatic rings.